The van der Waals surface area contributed by atoms with Crippen molar-refractivity contribution >= 4 is 29.3 Å². The van der Waals surface area contributed by atoms with Gasteiger partial charge in [-0.15, -0.1) is 11.8 Å². The maximum atomic E-state index is 12.2. The van der Waals surface area contributed by atoms with Gasteiger partial charge in [-0.3, -0.25) is 4.79 Å². The summed E-state index contributed by atoms with van der Waals surface area (Å²) in [7, 11) is 0. The van der Waals surface area contributed by atoms with Gasteiger partial charge in [0.15, 0.2) is 0 Å². The van der Waals surface area contributed by atoms with E-state index in [1.54, 1.807) is 11.8 Å². The van der Waals surface area contributed by atoms with Crippen molar-refractivity contribution in [3.8, 4) is 0 Å². The highest BCUT2D eigenvalue weighted by molar-refractivity contribution is 8.01. The molecule has 0 aliphatic carbocycles. The fraction of sp³-hybridized carbons (Fsp3) is 0.235. The number of hydrogen-bond donors (Lipinski definition) is 1. The molecule has 0 saturated heterocycles. The number of thioether (sulfide) groups is 1. The zero-order valence-electron chi connectivity index (χ0n) is 11.5. The molecule has 1 heterocycles. The van der Waals surface area contributed by atoms with Crippen molar-refractivity contribution in [3.05, 3.63) is 64.7 Å². The highest BCUT2D eigenvalue weighted by Crippen LogP contribution is 2.36. The first-order valence-corrected chi connectivity index (χ1v) is 8.25. The molecule has 2 aromatic rings. The van der Waals surface area contributed by atoms with Crippen molar-refractivity contribution in [2.45, 2.75) is 23.0 Å². The van der Waals surface area contributed by atoms with Gasteiger partial charge in [0.05, 0.1) is 5.25 Å². The molecule has 0 radical (unpaired) electrons. The normalized spacial score (nSPS) is 16.5. The molecule has 1 N–H and O–H groups in total. The minimum Gasteiger partial charge on any atom is -0.355 e. The molecule has 0 bridgehead atoms. The summed E-state index contributed by atoms with van der Waals surface area (Å²) in [6.45, 7) is 0.661. The van der Waals surface area contributed by atoms with Crippen molar-refractivity contribution in [1.82, 2.24) is 5.32 Å². The quantitative estimate of drug-likeness (QED) is 0.931. The van der Waals surface area contributed by atoms with Gasteiger partial charge in [0, 0.05) is 16.5 Å². The Balaban J connectivity index is 1.48. The molecule has 2 nitrogen and oxygen atoms in total. The third kappa shape index (κ3) is 3.60. The Morgan fingerprint density at radius 2 is 1.95 bits per heavy atom. The third-order valence-electron chi connectivity index (χ3n) is 3.57. The summed E-state index contributed by atoms with van der Waals surface area (Å²) in [4.78, 5) is 13.4. The summed E-state index contributed by atoms with van der Waals surface area (Å²) < 4.78 is 0. The molecule has 1 atom stereocenters. The average Bonchev–Trinajstić information content (AvgIpc) is 2.93. The van der Waals surface area contributed by atoms with Gasteiger partial charge in [-0.25, -0.2) is 0 Å². The zero-order chi connectivity index (χ0) is 14.7. The monoisotopic (exact) mass is 317 g/mol. The van der Waals surface area contributed by atoms with Crippen LogP contribution < -0.4 is 5.32 Å². The van der Waals surface area contributed by atoms with E-state index in [0.29, 0.717) is 6.54 Å². The molecule has 3 rings (SSSR count). The standard InChI is InChI=1S/C17H16ClNOS/c18-14-7-5-12(6-8-14)9-10-19-17(20)16-11-13-3-1-2-4-15(13)21-16/h1-8,16H,9-11H2,(H,19,20)/t16-/m0/s1. The van der Waals surface area contributed by atoms with Crippen LogP contribution in [0.3, 0.4) is 0 Å². The lowest BCUT2D eigenvalue weighted by Crippen LogP contribution is -2.33. The molecule has 2 aromatic carbocycles. The number of hydrogen-bond acceptors (Lipinski definition) is 2. The van der Waals surface area contributed by atoms with Crippen LogP contribution in [0.2, 0.25) is 5.02 Å². The minimum absolute atomic E-state index is 0.00705. The fourth-order valence-electron chi connectivity index (χ4n) is 2.42. The van der Waals surface area contributed by atoms with E-state index in [-0.39, 0.29) is 11.2 Å². The summed E-state index contributed by atoms with van der Waals surface area (Å²) in [6, 6.07) is 16.0. The molecule has 0 aromatic heterocycles. The van der Waals surface area contributed by atoms with Gasteiger partial charge in [0.2, 0.25) is 5.91 Å². The van der Waals surface area contributed by atoms with Gasteiger partial charge in [0.25, 0.3) is 0 Å². The number of nitrogens with one attached hydrogen (secondary N) is 1. The van der Waals surface area contributed by atoms with Crippen LogP contribution in [-0.4, -0.2) is 17.7 Å². The highest BCUT2D eigenvalue weighted by atomic mass is 35.5. The van der Waals surface area contributed by atoms with Crippen LogP contribution in [0, 0.1) is 0 Å². The Morgan fingerprint density at radius 3 is 2.71 bits per heavy atom. The number of carbonyl (C=O) groups excluding carboxylic acids is 1. The first-order chi connectivity index (χ1) is 10.2. The summed E-state index contributed by atoms with van der Waals surface area (Å²) in [5, 5.41) is 3.78. The Hall–Kier alpha value is -1.45. The topological polar surface area (TPSA) is 29.1 Å². The maximum absolute atomic E-state index is 12.2. The van der Waals surface area contributed by atoms with Crippen molar-refractivity contribution in [1.29, 1.82) is 0 Å². The number of fused-ring (bicyclic) bond motifs is 1. The Kier molecular flexibility index (Phi) is 4.51. The number of carbonyl (C=O) groups is 1. The molecular formula is C17H16ClNOS. The number of rotatable bonds is 4. The zero-order valence-corrected chi connectivity index (χ0v) is 13.1. The molecule has 21 heavy (non-hydrogen) atoms. The molecule has 0 unspecified atom stereocenters. The summed E-state index contributed by atoms with van der Waals surface area (Å²) in [5.74, 6) is 0.130. The molecule has 0 fully saturated rings. The predicted molar refractivity (Wildman–Crippen MR) is 88.0 cm³/mol. The van der Waals surface area contributed by atoms with Crippen molar-refractivity contribution in [3.63, 3.8) is 0 Å². The molecule has 1 amide bonds. The SMILES string of the molecule is O=C(NCCc1ccc(Cl)cc1)[C@@H]1Cc2ccccc2S1. The summed E-state index contributed by atoms with van der Waals surface area (Å²) in [5.41, 5.74) is 2.46. The largest absolute Gasteiger partial charge is 0.355 e. The van der Waals surface area contributed by atoms with Crippen LogP contribution in [0.15, 0.2) is 53.4 Å². The number of amides is 1. The van der Waals surface area contributed by atoms with Gasteiger partial charge in [-0.05, 0) is 42.2 Å². The fourth-order valence-corrected chi connectivity index (χ4v) is 3.77. The molecule has 0 saturated carbocycles. The third-order valence-corrected chi connectivity index (χ3v) is 5.14. The van der Waals surface area contributed by atoms with E-state index in [9.17, 15) is 4.79 Å². The van der Waals surface area contributed by atoms with E-state index in [4.69, 9.17) is 11.6 Å². The van der Waals surface area contributed by atoms with E-state index in [2.05, 4.69) is 17.4 Å². The Labute approximate surface area is 133 Å². The van der Waals surface area contributed by atoms with Gasteiger partial charge < -0.3 is 5.32 Å². The summed E-state index contributed by atoms with van der Waals surface area (Å²) >= 11 is 7.52. The van der Waals surface area contributed by atoms with E-state index >= 15 is 0 Å². The Bertz CT molecular complexity index is 616. The second kappa shape index (κ2) is 6.54. The van der Waals surface area contributed by atoms with E-state index in [1.807, 2.05) is 36.4 Å². The van der Waals surface area contributed by atoms with Crippen LogP contribution in [0.25, 0.3) is 0 Å². The van der Waals surface area contributed by atoms with Crippen molar-refractivity contribution < 1.29 is 4.79 Å². The van der Waals surface area contributed by atoms with Crippen molar-refractivity contribution in [2.75, 3.05) is 6.54 Å². The van der Waals surface area contributed by atoms with Gasteiger partial charge in [-0.2, -0.15) is 0 Å². The van der Waals surface area contributed by atoms with Crippen LogP contribution in [0.5, 0.6) is 0 Å². The van der Waals surface area contributed by atoms with Crippen LogP contribution >= 0.6 is 23.4 Å². The van der Waals surface area contributed by atoms with Crippen LogP contribution in [0.1, 0.15) is 11.1 Å². The van der Waals surface area contributed by atoms with Gasteiger partial charge in [-0.1, -0.05) is 41.9 Å². The van der Waals surface area contributed by atoms with E-state index in [0.717, 1.165) is 17.9 Å². The number of halogens is 1. The van der Waals surface area contributed by atoms with Crippen molar-refractivity contribution in [2.24, 2.45) is 0 Å². The molecular weight excluding hydrogens is 302 g/mol. The van der Waals surface area contributed by atoms with Gasteiger partial charge in [0.1, 0.15) is 0 Å². The lowest BCUT2D eigenvalue weighted by Gasteiger charge is -2.10. The average molecular weight is 318 g/mol. The highest BCUT2D eigenvalue weighted by Gasteiger charge is 2.27. The van der Waals surface area contributed by atoms with Gasteiger partial charge >= 0.3 is 0 Å². The Morgan fingerprint density at radius 1 is 1.19 bits per heavy atom. The smallest absolute Gasteiger partial charge is 0.233 e. The molecule has 1 aliphatic heterocycles. The first kappa shape index (κ1) is 14.5. The number of benzene rings is 2. The minimum atomic E-state index is 0.00705. The lowest BCUT2D eigenvalue weighted by atomic mass is 10.1. The molecule has 4 heteroatoms. The second-order valence-corrected chi connectivity index (χ2v) is 6.77. The van der Waals surface area contributed by atoms with E-state index in [1.165, 1.54) is 16.0 Å². The first-order valence-electron chi connectivity index (χ1n) is 6.99. The molecule has 108 valence electrons. The summed E-state index contributed by atoms with van der Waals surface area (Å²) in [6.07, 6.45) is 1.65. The lowest BCUT2D eigenvalue weighted by molar-refractivity contribution is -0.120. The van der Waals surface area contributed by atoms with E-state index < -0.39 is 0 Å². The predicted octanol–water partition coefficient (Wildman–Crippen LogP) is 3.72. The maximum Gasteiger partial charge on any atom is 0.233 e. The van der Waals surface area contributed by atoms with Crippen LogP contribution in [0.4, 0.5) is 0 Å². The molecule has 1 aliphatic rings. The van der Waals surface area contributed by atoms with Crippen LogP contribution in [-0.2, 0) is 17.6 Å². The second-order valence-electron chi connectivity index (χ2n) is 5.09. The molecule has 0 spiro atoms.